The van der Waals surface area contributed by atoms with Crippen LogP contribution in [0.1, 0.15) is 0 Å². The van der Waals surface area contributed by atoms with Gasteiger partial charge in [-0.15, -0.1) is 0 Å². The Morgan fingerprint density at radius 3 is 1.28 bits per heavy atom. The quantitative estimate of drug-likeness (QED) is 0.860. The molecule has 2 aromatic carbocycles. The van der Waals surface area contributed by atoms with Gasteiger partial charge in [-0.2, -0.15) is 0 Å². The summed E-state index contributed by atoms with van der Waals surface area (Å²) in [5.74, 6) is 0. The highest BCUT2D eigenvalue weighted by molar-refractivity contribution is 7.91. The molecule has 0 bridgehead atoms. The van der Waals surface area contributed by atoms with Crippen molar-refractivity contribution in [1.29, 1.82) is 0 Å². The standard InChI is InChI=1S/C14H12O2S2/c15-17(13-7-3-1-4-8-13)11-12-18(16)14-9-5-2-6-10-14/h1-12H/b12-11-. The van der Waals surface area contributed by atoms with Crippen LogP contribution in [0, 0.1) is 0 Å². The van der Waals surface area contributed by atoms with E-state index >= 15 is 0 Å². The van der Waals surface area contributed by atoms with Gasteiger partial charge in [-0.05, 0) is 24.3 Å². The Morgan fingerprint density at radius 1 is 0.611 bits per heavy atom. The van der Waals surface area contributed by atoms with E-state index in [1.54, 1.807) is 24.3 Å². The van der Waals surface area contributed by atoms with Gasteiger partial charge in [0.15, 0.2) is 0 Å². The van der Waals surface area contributed by atoms with Crippen LogP contribution >= 0.6 is 0 Å². The lowest BCUT2D eigenvalue weighted by Gasteiger charge is -1.96. The zero-order chi connectivity index (χ0) is 12.8. The van der Waals surface area contributed by atoms with Gasteiger partial charge in [0.2, 0.25) is 0 Å². The molecule has 18 heavy (non-hydrogen) atoms. The fourth-order valence-electron chi connectivity index (χ4n) is 1.37. The molecule has 0 aliphatic carbocycles. The van der Waals surface area contributed by atoms with Gasteiger partial charge in [0, 0.05) is 20.6 Å². The second-order valence-corrected chi connectivity index (χ2v) is 6.17. The predicted molar refractivity (Wildman–Crippen MR) is 74.8 cm³/mol. The average Bonchev–Trinajstić information content (AvgIpc) is 2.46. The maximum atomic E-state index is 11.9. The van der Waals surface area contributed by atoms with E-state index in [-0.39, 0.29) is 0 Å². The molecule has 0 spiro atoms. The van der Waals surface area contributed by atoms with Crippen LogP contribution in [0.2, 0.25) is 0 Å². The van der Waals surface area contributed by atoms with Crippen molar-refractivity contribution >= 4 is 21.6 Å². The Hall–Kier alpha value is -1.52. The van der Waals surface area contributed by atoms with Crippen LogP contribution in [0.15, 0.2) is 81.3 Å². The van der Waals surface area contributed by atoms with Gasteiger partial charge in [-0.1, -0.05) is 36.4 Å². The second kappa shape index (κ2) is 6.42. The van der Waals surface area contributed by atoms with Crippen LogP contribution in [0.25, 0.3) is 0 Å². The molecule has 0 fully saturated rings. The highest BCUT2D eigenvalue weighted by Gasteiger charge is 2.01. The van der Waals surface area contributed by atoms with E-state index in [0.29, 0.717) is 9.79 Å². The van der Waals surface area contributed by atoms with E-state index in [2.05, 4.69) is 0 Å². The first-order valence-electron chi connectivity index (χ1n) is 5.37. The van der Waals surface area contributed by atoms with E-state index in [9.17, 15) is 8.42 Å². The van der Waals surface area contributed by atoms with Gasteiger partial charge >= 0.3 is 0 Å². The third kappa shape index (κ3) is 3.48. The fraction of sp³-hybridized carbons (Fsp3) is 0. The lowest BCUT2D eigenvalue weighted by atomic mass is 10.4. The van der Waals surface area contributed by atoms with Crippen LogP contribution in [0.5, 0.6) is 0 Å². The summed E-state index contributed by atoms with van der Waals surface area (Å²) < 4.78 is 23.7. The van der Waals surface area contributed by atoms with Crippen molar-refractivity contribution in [3.05, 3.63) is 71.5 Å². The minimum Gasteiger partial charge on any atom is -0.250 e. The molecular formula is C14H12O2S2. The molecule has 0 saturated heterocycles. The molecule has 0 aliphatic rings. The number of hydrogen-bond acceptors (Lipinski definition) is 2. The SMILES string of the molecule is O=S(/C=C\S(=O)c1ccccc1)c1ccccc1. The maximum Gasteiger partial charge on any atom is 0.0782 e. The van der Waals surface area contributed by atoms with Gasteiger partial charge in [0.25, 0.3) is 0 Å². The van der Waals surface area contributed by atoms with E-state index < -0.39 is 21.6 Å². The first kappa shape index (κ1) is 12.9. The normalized spacial score (nSPS) is 14.4. The third-order valence-electron chi connectivity index (χ3n) is 2.25. The zero-order valence-electron chi connectivity index (χ0n) is 9.56. The van der Waals surface area contributed by atoms with E-state index in [0.717, 1.165) is 0 Å². The summed E-state index contributed by atoms with van der Waals surface area (Å²) in [6.45, 7) is 0. The molecular weight excluding hydrogens is 264 g/mol. The molecule has 0 radical (unpaired) electrons. The molecule has 2 aromatic rings. The lowest BCUT2D eigenvalue weighted by Crippen LogP contribution is -1.89. The van der Waals surface area contributed by atoms with Crippen molar-refractivity contribution in [2.45, 2.75) is 9.79 Å². The molecule has 2 rings (SSSR count). The molecule has 0 aromatic heterocycles. The molecule has 0 heterocycles. The zero-order valence-corrected chi connectivity index (χ0v) is 11.2. The molecule has 2 nitrogen and oxygen atoms in total. The summed E-state index contributed by atoms with van der Waals surface area (Å²) in [7, 11) is -2.50. The topological polar surface area (TPSA) is 34.1 Å². The summed E-state index contributed by atoms with van der Waals surface area (Å²) in [5, 5.41) is 2.94. The highest BCUT2D eigenvalue weighted by atomic mass is 32.2. The van der Waals surface area contributed by atoms with Crippen LogP contribution in [0.4, 0.5) is 0 Å². The highest BCUT2D eigenvalue weighted by Crippen LogP contribution is 2.10. The van der Waals surface area contributed by atoms with Crippen LogP contribution in [0.3, 0.4) is 0 Å². The van der Waals surface area contributed by atoms with Crippen molar-refractivity contribution in [3.8, 4) is 0 Å². The molecule has 0 saturated carbocycles. The van der Waals surface area contributed by atoms with E-state index in [1.807, 2.05) is 36.4 Å². The van der Waals surface area contributed by atoms with Crippen LogP contribution in [-0.2, 0) is 21.6 Å². The van der Waals surface area contributed by atoms with Gasteiger partial charge in [-0.25, -0.2) is 8.42 Å². The Bertz CT molecular complexity index is 524. The third-order valence-corrected chi connectivity index (χ3v) is 4.67. The summed E-state index contributed by atoms with van der Waals surface area (Å²) >= 11 is 0. The predicted octanol–water partition coefficient (Wildman–Crippen LogP) is 3.07. The molecule has 4 heteroatoms. The maximum absolute atomic E-state index is 11.9. The molecule has 92 valence electrons. The average molecular weight is 276 g/mol. The number of rotatable bonds is 4. The fourth-order valence-corrected chi connectivity index (χ4v) is 3.34. The van der Waals surface area contributed by atoms with Crippen molar-refractivity contribution in [1.82, 2.24) is 0 Å². The Labute approximate surface area is 111 Å². The van der Waals surface area contributed by atoms with E-state index in [4.69, 9.17) is 0 Å². The van der Waals surface area contributed by atoms with Gasteiger partial charge in [0.1, 0.15) is 0 Å². The minimum atomic E-state index is -1.25. The van der Waals surface area contributed by atoms with Crippen molar-refractivity contribution < 1.29 is 8.42 Å². The van der Waals surface area contributed by atoms with Gasteiger partial charge < -0.3 is 0 Å². The Morgan fingerprint density at radius 2 is 0.944 bits per heavy atom. The van der Waals surface area contributed by atoms with Crippen LogP contribution in [-0.4, -0.2) is 8.42 Å². The summed E-state index contributed by atoms with van der Waals surface area (Å²) in [4.78, 5) is 1.41. The van der Waals surface area contributed by atoms with Gasteiger partial charge in [-0.3, -0.25) is 0 Å². The van der Waals surface area contributed by atoms with E-state index in [1.165, 1.54) is 10.8 Å². The summed E-state index contributed by atoms with van der Waals surface area (Å²) in [5.41, 5.74) is 0. The number of hydrogen-bond donors (Lipinski definition) is 0. The molecule has 0 amide bonds. The largest absolute Gasteiger partial charge is 0.250 e. The Balaban J connectivity index is 2.08. The van der Waals surface area contributed by atoms with Crippen molar-refractivity contribution in [2.75, 3.05) is 0 Å². The first-order chi connectivity index (χ1) is 8.77. The monoisotopic (exact) mass is 276 g/mol. The summed E-state index contributed by atoms with van der Waals surface area (Å²) in [6, 6.07) is 18.2. The first-order valence-corrected chi connectivity index (χ1v) is 7.79. The number of benzene rings is 2. The second-order valence-electron chi connectivity index (χ2n) is 3.49. The molecule has 0 aliphatic heterocycles. The van der Waals surface area contributed by atoms with Gasteiger partial charge in [0.05, 0.1) is 21.6 Å². The summed E-state index contributed by atoms with van der Waals surface area (Å²) in [6.07, 6.45) is 0. The molecule has 0 N–H and O–H groups in total. The van der Waals surface area contributed by atoms with Crippen LogP contribution < -0.4 is 0 Å². The minimum absolute atomic E-state index is 0.707. The van der Waals surface area contributed by atoms with Crippen molar-refractivity contribution in [2.24, 2.45) is 0 Å². The Kier molecular flexibility index (Phi) is 4.61. The molecule has 2 atom stereocenters. The molecule has 2 unspecified atom stereocenters. The smallest absolute Gasteiger partial charge is 0.0782 e. The van der Waals surface area contributed by atoms with Crippen molar-refractivity contribution in [3.63, 3.8) is 0 Å². The lowest BCUT2D eigenvalue weighted by molar-refractivity contribution is 0.686.